The molecule has 1 unspecified atom stereocenters. The molecule has 0 radical (unpaired) electrons. The molecule has 1 aromatic carbocycles. The molecule has 180 valence electrons. The molecule has 2 aliphatic rings. The first-order chi connectivity index (χ1) is 16.3. The van der Waals surface area contributed by atoms with Gasteiger partial charge in [0.15, 0.2) is 0 Å². The zero-order chi connectivity index (χ0) is 24.5. The van der Waals surface area contributed by atoms with Gasteiger partial charge in [-0.3, -0.25) is 9.59 Å². The van der Waals surface area contributed by atoms with Gasteiger partial charge in [-0.05, 0) is 55.5 Å². The van der Waals surface area contributed by atoms with E-state index in [0.717, 1.165) is 36.1 Å². The van der Waals surface area contributed by atoms with Crippen LogP contribution in [0.15, 0.2) is 29.2 Å². The number of amides is 2. The average molecular weight is 501 g/mol. The first-order valence-electron chi connectivity index (χ1n) is 11.5. The number of carbonyl (C=O) groups excluding carboxylic acids is 2. The molecule has 2 amide bonds. The molecular weight excluding hydrogens is 472 g/mol. The second-order valence-electron chi connectivity index (χ2n) is 8.66. The summed E-state index contributed by atoms with van der Waals surface area (Å²) in [6, 6.07) is 8.15. The van der Waals surface area contributed by atoms with Crippen LogP contribution in [0.4, 0.5) is 5.00 Å². The summed E-state index contributed by atoms with van der Waals surface area (Å²) in [6.07, 6.45) is 4.11. The molecule has 1 fully saturated rings. The van der Waals surface area contributed by atoms with Crippen molar-refractivity contribution in [2.24, 2.45) is 0 Å². The number of sulfonamides is 1. The summed E-state index contributed by atoms with van der Waals surface area (Å²) >= 11 is 1.31. The Bertz CT molecular complexity index is 1240. The zero-order valence-electron chi connectivity index (χ0n) is 19.3. The Labute approximate surface area is 204 Å². The monoisotopic (exact) mass is 500 g/mol. The normalized spacial score (nSPS) is 18.7. The first-order valence-corrected chi connectivity index (χ1v) is 13.7. The highest BCUT2D eigenvalue weighted by Gasteiger charge is 2.32. The maximum absolute atomic E-state index is 13.2. The van der Waals surface area contributed by atoms with Crippen LogP contribution in [0.25, 0.3) is 0 Å². The van der Waals surface area contributed by atoms with E-state index in [9.17, 15) is 23.3 Å². The van der Waals surface area contributed by atoms with Gasteiger partial charge in [-0.1, -0.05) is 13.3 Å². The molecule has 34 heavy (non-hydrogen) atoms. The van der Waals surface area contributed by atoms with E-state index >= 15 is 0 Å². The Kier molecular flexibility index (Phi) is 7.07. The van der Waals surface area contributed by atoms with Crippen molar-refractivity contribution in [1.29, 1.82) is 5.26 Å². The second-order valence-corrected chi connectivity index (χ2v) is 11.7. The fraction of sp³-hybridized carbons (Fsp3) is 0.458. The summed E-state index contributed by atoms with van der Waals surface area (Å²) in [7, 11) is -3.62. The molecule has 1 saturated heterocycles. The van der Waals surface area contributed by atoms with Crippen LogP contribution in [-0.4, -0.2) is 48.6 Å². The Morgan fingerprint density at radius 2 is 1.94 bits per heavy atom. The number of piperidine rings is 1. The smallest absolute Gasteiger partial charge is 0.256 e. The number of thiophene rings is 1. The van der Waals surface area contributed by atoms with Crippen LogP contribution in [0.2, 0.25) is 0 Å². The number of nitriles is 1. The predicted molar refractivity (Wildman–Crippen MR) is 130 cm³/mol. The van der Waals surface area contributed by atoms with Crippen molar-refractivity contribution in [2.45, 2.75) is 63.4 Å². The fourth-order valence-corrected chi connectivity index (χ4v) is 7.64. The highest BCUT2D eigenvalue weighted by Crippen LogP contribution is 2.37. The summed E-state index contributed by atoms with van der Waals surface area (Å²) in [5.74, 6) is -0.431. The molecule has 4 rings (SSSR count). The van der Waals surface area contributed by atoms with Gasteiger partial charge in [0.1, 0.15) is 11.1 Å². The highest BCUT2D eigenvalue weighted by molar-refractivity contribution is 7.89. The average Bonchev–Trinajstić information content (AvgIpc) is 3.19. The molecule has 0 spiro atoms. The molecule has 0 saturated carbocycles. The summed E-state index contributed by atoms with van der Waals surface area (Å²) in [5, 5.41) is 12.9. The standard InChI is InChI=1S/C24H28N4O4S2/c1-3-18-6-4-5-12-28(18)34(31,32)19-9-7-17(8-10-19)23(30)26-24-21(14-25)20-11-13-27(16(2)29)15-22(20)33-24/h7-10,18H,3-6,11-13,15H2,1-2H3,(H,26,30). The van der Waals surface area contributed by atoms with Crippen LogP contribution < -0.4 is 5.32 Å². The van der Waals surface area contributed by atoms with Crippen molar-refractivity contribution in [3.63, 3.8) is 0 Å². The number of fused-ring (bicyclic) bond motifs is 1. The molecule has 8 nitrogen and oxygen atoms in total. The number of nitrogens with one attached hydrogen (secondary N) is 1. The Morgan fingerprint density at radius 1 is 1.21 bits per heavy atom. The number of benzene rings is 1. The van der Waals surface area contributed by atoms with Gasteiger partial charge in [-0.2, -0.15) is 9.57 Å². The van der Waals surface area contributed by atoms with Gasteiger partial charge in [0.05, 0.1) is 17.0 Å². The van der Waals surface area contributed by atoms with Gasteiger partial charge in [0, 0.05) is 36.5 Å². The van der Waals surface area contributed by atoms with Crippen molar-refractivity contribution in [3.05, 3.63) is 45.8 Å². The molecule has 2 aromatic rings. The van der Waals surface area contributed by atoms with Gasteiger partial charge in [0.2, 0.25) is 15.9 Å². The summed E-state index contributed by atoms with van der Waals surface area (Å²) < 4.78 is 27.9. The number of carbonyl (C=O) groups is 2. The molecule has 1 atom stereocenters. The largest absolute Gasteiger partial charge is 0.337 e. The Hall–Kier alpha value is -2.74. The molecule has 1 aromatic heterocycles. The van der Waals surface area contributed by atoms with Gasteiger partial charge in [0.25, 0.3) is 5.91 Å². The Balaban J connectivity index is 1.52. The van der Waals surface area contributed by atoms with Crippen LogP contribution in [0, 0.1) is 11.3 Å². The molecule has 2 aliphatic heterocycles. The Morgan fingerprint density at radius 3 is 2.59 bits per heavy atom. The predicted octanol–water partition coefficient (Wildman–Crippen LogP) is 3.73. The zero-order valence-corrected chi connectivity index (χ0v) is 21.0. The third-order valence-electron chi connectivity index (χ3n) is 6.61. The molecule has 1 N–H and O–H groups in total. The highest BCUT2D eigenvalue weighted by atomic mass is 32.2. The van der Waals surface area contributed by atoms with E-state index in [1.54, 1.807) is 9.21 Å². The summed E-state index contributed by atoms with van der Waals surface area (Å²) in [4.78, 5) is 27.4. The lowest BCUT2D eigenvalue weighted by Gasteiger charge is -2.34. The number of rotatable bonds is 5. The van der Waals surface area contributed by atoms with E-state index in [2.05, 4.69) is 11.4 Å². The van der Waals surface area contributed by atoms with Crippen molar-refractivity contribution >= 4 is 38.2 Å². The van der Waals surface area contributed by atoms with E-state index in [1.165, 1.54) is 42.5 Å². The molecule has 0 aliphatic carbocycles. The first kappa shape index (κ1) is 24.4. The van der Waals surface area contributed by atoms with Crippen LogP contribution in [0.1, 0.15) is 65.9 Å². The molecule has 10 heteroatoms. The summed E-state index contributed by atoms with van der Waals surface area (Å²) in [5.41, 5.74) is 1.63. The van der Waals surface area contributed by atoms with Crippen LogP contribution in [-0.2, 0) is 27.8 Å². The van der Waals surface area contributed by atoms with Crippen molar-refractivity contribution in [3.8, 4) is 6.07 Å². The topological polar surface area (TPSA) is 111 Å². The van der Waals surface area contributed by atoms with Crippen molar-refractivity contribution < 1.29 is 18.0 Å². The molecule has 3 heterocycles. The SMILES string of the molecule is CCC1CCCCN1S(=O)(=O)c1ccc(C(=O)Nc2sc3c(c2C#N)CCN(C(C)=O)C3)cc1. The van der Waals surface area contributed by atoms with Crippen LogP contribution >= 0.6 is 11.3 Å². The van der Waals surface area contributed by atoms with E-state index in [-0.39, 0.29) is 16.8 Å². The minimum Gasteiger partial charge on any atom is -0.337 e. The lowest BCUT2D eigenvalue weighted by atomic mass is 10.0. The fourth-order valence-electron chi connectivity index (χ4n) is 4.67. The van der Waals surface area contributed by atoms with Crippen molar-refractivity contribution in [1.82, 2.24) is 9.21 Å². The second kappa shape index (κ2) is 9.86. The molecule has 0 bridgehead atoms. The molecular formula is C24H28N4O4S2. The van der Waals surface area contributed by atoms with E-state index in [4.69, 9.17) is 0 Å². The third kappa shape index (κ3) is 4.60. The number of hydrogen-bond donors (Lipinski definition) is 1. The van der Waals surface area contributed by atoms with Gasteiger partial charge >= 0.3 is 0 Å². The lowest BCUT2D eigenvalue weighted by molar-refractivity contribution is -0.129. The number of hydrogen-bond acceptors (Lipinski definition) is 6. The van der Waals surface area contributed by atoms with Crippen LogP contribution in [0.3, 0.4) is 0 Å². The maximum atomic E-state index is 13.2. The van der Waals surface area contributed by atoms with Gasteiger partial charge in [-0.15, -0.1) is 11.3 Å². The number of anilines is 1. The quantitative estimate of drug-likeness (QED) is 0.673. The number of nitrogens with zero attached hydrogens (tertiary/aromatic N) is 3. The minimum absolute atomic E-state index is 0.00918. The van der Waals surface area contributed by atoms with E-state index in [0.29, 0.717) is 42.2 Å². The van der Waals surface area contributed by atoms with E-state index < -0.39 is 15.9 Å². The van der Waals surface area contributed by atoms with Crippen LogP contribution in [0.5, 0.6) is 0 Å². The van der Waals surface area contributed by atoms with Gasteiger partial charge in [-0.25, -0.2) is 8.42 Å². The third-order valence-corrected chi connectivity index (χ3v) is 9.71. The van der Waals surface area contributed by atoms with Crippen molar-refractivity contribution in [2.75, 3.05) is 18.4 Å². The van der Waals surface area contributed by atoms with Gasteiger partial charge < -0.3 is 10.2 Å². The lowest BCUT2D eigenvalue weighted by Crippen LogP contribution is -2.43. The van der Waals surface area contributed by atoms with E-state index in [1.807, 2.05) is 6.92 Å². The maximum Gasteiger partial charge on any atom is 0.256 e. The minimum atomic E-state index is -3.62. The summed E-state index contributed by atoms with van der Waals surface area (Å²) in [6.45, 7) is 5.02.